The summed E-state index contributed by atoms with van der Waals surface area (Å²) in [5, 5.41) is 2.91. The van der Waals surface area contributed by atoms with Crippen molar-refractivity contribution in [2.24, 2.45) is 5.73 Å². The van der Waals surface area contributed by atoms with Crippen LogP contribution in [-0.2, 0) is 4.79 Å². The summed E-state index contributed by atoms with van der Waals surface area (Å²) in [6.07, 6.45) is 0. The van der Waals surface area contributed by atoms with Crippen LogP contribution in [0.25, 0.3) is 0 Å². The molecule has 34 heavy (non-hydrogen) atoms. The van der Waals surface area contributed by atoms with E-state index in [4.69, 9.17) is 11.5 Å². The van der Waals surface area contributed by atoms with E-state index in [1.165, 1.54) is 29.2 Å². The van der Waals surface area contributed by atoms with E-state index in [1.54, 1.807) is 12.1 Å². The lowest BCUT2D eigenvalue weighted by Crippen LogP contribution is -2.49. The Labute approximate surface area is 200 Å². The maximum Gasteiger partial charge on any atom is 0.273 e. The normalized spacial score (nSPS) is 12.1. The van der Waals surface area contributed by atoms with Crippen LogP contribution in [0.3, 0.4) is 0 Å². The van der Waals surface area contributed by atoms with Gasteiger partial charge in [-0.1, -0.05) is 29.8 Å². The van der Waals surface area contributed by atoms with Crippen molar-refractivity contribution in [3.63, 3.8) is 0 Å². The van der Waals surface area contributed by atoms with Gasteiger partial charge in [-0.15, -0.1) is 0 Å². The zero-order chi connectivity index (χ0) is 25.2. The third-order valence-electron chi connectivity index (χ3n) is 4.88. The number of rotatable bonds is 6. The Balaban J connectivity index is 2.22. The predicted octanol–water partition coefficient (Wildman–Crippen LogP) is 3.57. The summed E-state index contributed by atoms with van der Waals surface area (Å²) in [4.78, 5) is 40.2. The number of carbonyl (C=O) groups excluding carboxylic acids is 3. The van der Waals surface area contributed by atoms with E-state index < -0.39 is 35.1 Å². The summed E-state index contributed by atoms with van der Waals surface area (Å²) in [5.41, 5.74) is 12.1. The van der Waals surface area contributed by atoms with Gasteiger partial charge < -0.3 is 16.8 Å². The van der Waals surface area contributed by atoms with Gasteiger partial charge in [0.2, 0.25) is 5.91 Å². The number of nitrogens with two attached hydrogens (primary N) is 2. The first-order valence-corrected chi connectivity index (χ1v) is 11.2. The number of carbonyl (C=O) groups is 3. The molecular weight excluding hydrogens is 457 g/mol. The molecule has 1 heterocycles. The fraction of sp³-hybridized carbons (Fsp3) is 0.250. The number of nitrogens with zero attached hydrogens (tertiary/aromatic N) is 2. The van der Waals surface area contributed by atoms with E-state index in [2.05, 4.69) is 9.69 Å². The first-order chi connectivity index (χ1) is 15.9. The van der Waals surface area contributed by atoms with Crippen molar-refractivity contribution in [1.29, 1.82) is 0 Å². The summed E-state index contributed by atoms with van der Waals surface area (Å²) in [5.74, 6) is -2.51. The fourth-order valence-corrected chi connectivity index (χ4v) is 4.07. The van der Waals surface area contributed by atoms with Crippen LogP contribution in [0.1, 0.15) is 58.1 Å². The number of hydrogen-bond acceptors (Lipinski definition) is 6. The van der Waals surface area contributed by atoms with Crippen molar-refractivity contribution in [3.8, 4) is 0 Å². The van der Waals surface area contributed by atoms with Crippen molar-refractivity contribution in [1.82, 2.24) is 9.69 Å². The third kappa shape index (κ3) is 5.40. The number of hydrogen-bond donors (Lipinski definition) is 3. The molecule has 0 saturated carbocycles. The van der Waals surface area contributed by atoms with Gasteiger partial charge in [0.15, 0.2) is 5.69 Å². The second kappa shape index (κ2) is 9.60. The fourth-order valence-electron chi connectivity index (χ4n) is 3.33. The molecule has 2 aromatic carbocycles. The van der Waals surface area contributed by atoms with Gasteiger partial charge >= 0.3 is 0 Å². The van der Waals surface area contributed by atoms with Crippen LogP contribution in [-0.4, -0.2) is 27.6 Å². The Morgan fingerprint density at radius 1 is 1.06 bits per heavy atom. The van der Waals surface area contributed by atoms with Crippen LogP contribution < -0.4 is 21.7 Å². The van der Waals surface area contributed by atoms with Gasteiger partial charge in [-0.3, -0.25) is 19.3 Å². The molecule has 5 N–H and O–H groups in total. The van der Waals surface area contributed by atoms with Crippen LogP contribution >= 0.6 is 11.5 Å². The smallest absolute Gasteiger partial charge is 0.273 e. The summed E-state index contributed by atoms with van der Waals surface area (Å²) in [6, 6.07) is 11.2. The molecule has 3 aromatic rings. The molecule has 0 saturated heterocycles. The van der Waals surface area contributed by atoms with Gasteiger partial charge in [-0.05, 0) is 69.1 Å². The standard InChI is InChI=1S/C24H26FN5O3S/c1-13-5-7-14(8-6-13)19(22(32)28-24(2,3)4)30(16-11-9-15(25)10-12-16)23(33)20-17(26)18(21(27)31)29-34-20/h5-12,19H,26H2,1-4H3,(H2,27,31)(H,28,32)/t19-/m1/s1. The molecule has 0 aliphatic rings. The van der Waals surface area contributed by atoms with Gasteiger partial charge in [0.1, 0.15) is 16.7 Å². The summed E-state index contributed by atoms with van der Waals surface area (Å²) < 4.78 is 17.6. The molecule has 178 valence electrons. The zero-order valence-electron chi connectivity index (χ0n) is 19.3. The number of amides is 3. The van der Waals surface area contributed by atoms with Crippen molar-refractivity contribution in [2.75, 3.05) is 10.6 Å². The van der Waals surface area contributed by atoms with E-state index in [0.717, 1.165) is 5.56 Å². The van der Waals surface area contributed by atoms with E-state index >= 15 is 0 Å². The van der Waals surface area contributed by atoms with Gasteiger partial charge in [0.05, 0.1) is 5.69 Å². The average Bonchev–Trinajstić information content (AvgIpc) is 3.13. The van der Waals surface area contributed by atoms with Crippen molar-refractivity contribution in [2.45, 2.75) is 39.3 Å². The maximum atomic E-state index is 13.8. The SMILES string of the molecule is Cc1ccc([C@H](C(=O)NC(C)(C)C)N(C(=O)c2snc(C(N)=O)c2N)c2ccc(F)cc2)cc1. The quantitative estimate of drug-likeness (QED) is 0.493. The Hall–Kier alpha value is -3.79. The summed E-state index contributed by atoms with van der Waals surface area (Å²) in [6.45, 7) is 7.37. The molecular formula is C24H26FN5O3S. The number of aromatic nitrogens is 1. The van der Waals surface area contributed by atoms with Crippen molar-refractivity contribution < 1.29 is 18.8 Å². The molecule has 3 amide bonds. The number of nitrogen functional groups attached to an aromatic ring is 1. The van der Waals surface area contributed by atoms with E-state index in [1.807, 2.05) is 39.8 Å². The maximum absolute atomic E-state index is 13.8. The summed E-state index contributed by atoms with van der Waals surface area (Å²) in [7, 11) is 0. The highest BCUT2D eigenvalue weighted by atomic mass is 32.1. The minimum absolute atomic E-state index is 0.0567. The molecule has 0 radical (unpaired) electrons. The minimum Gasteiger partial charge on any atom is -0.395 e. The van der Waals surface area contributed by atoms with Crippen LogP contribution in [0.4, 0.5) is 15.8 Å². The Morgan fingerprint density at radius 3 is 2.15 bits per heavy atom. The Bertz CT molecular complexity index is 1220. The molecule has 0 aliphatic carbocycles. The molecule has 1 atom stereocenters. The topological polar surface area (TPSA) is 131 Å². The molecule has 8 nitrogen and oxygen atoms in total. The minimum atomic E-state index is -1.13. The van der Waals surface area contributed by atoms with Gasteiger partial charge in [0, 0.05) is 11.2 Å². The van der Waals surface area contributed by atoms with Crippen molar-refractivity contribution >= 4 is 40.6 Å². The molecule has 1 aromatic heterocycles. The first-order valence-electron chi connectivity index (χ1n) is 10.4. The molecule has 0 spiro atoms. The highest BCUT2D eigenvalue weighted by Gasteiger charge is 2.37. The van der Waals surface area contributed by atoms with Gasteiger partial charge in [-0.2, -0.15) is 4.37 Å². The van der Waals surface area contributed by atoms with Crippen LogP contribution in [0.5, 0.6) is 0 Å². The van der Waals surface area contributed by atoms with E-state index in [-0.39, 0.29) is 21.9 Å². The van der Waals surface area contributed by atoms with Crippen LogP contribution in [0.2, 0.25) is 0 Å². The lowest BCUT2D eigenvalue weighted by atomic mass is 9.99. The number of anilines is 2. The van der Waals surface area contributed by atoms with Crippen LogP contribution in [0.15, 0.2) is 48.5 Å². The number of aryl methyl sites for hydroxylation is 1. The third-order valence-corrected chi connectivity index (χ3v) is 5.73. The van der Waals surface area contributed by atoms with Crippen LogP contribution in [0, 0.1) is 12.7 Å². The number of benzene rings is 2. The predicted molar refractivity (Wildman–Crippen MR) is 130 cm³/mol. The van der Waals surface area contributed by atoms with Gasteiger partial charge in [-0.25, -0.2) is 4.39 Å². The average molecular weight is 484 g/mol. The first kappa shape index (κ1) is 24.8. The molecule has 0 unspecified atom stereocenters. The summed E-state index contributed by atoms with van der Waals surface area (Å²) >= 11 is 0.706. The molecule has 0 fully saturated rings. The lowest BCUT2D eigenvalue weighted by Gasteiger charge is -2.33. The van der Waals surface area contributed by atoms with E-state index in [9.17, 15) is 18.8 Å². The highest BCUT2D eigenvalue weighted by Crippen LogP contribution is 2.33. The molecule has 0 aliphatic heterocycles. The second-order valence-electron chi connectivity index (χ2n) is 8.84. The molecule has 10 heteroatoms. The van der Waals surface area contributed by atoms with Gasteiger partial charge in [0.25, 0.3) is 11.8 Å². The second-order valence-corrected chi connectivity index (χ2v) is 9.62. The van der Waals surface area contributed by atoms with E-state index in [0.29, 0.717) is 17.1 Å². The molecule has 0 bridgehead atoms. The number of nitrogens with one attached hydrogen (secondary N) is 1. The monoisotopic (exact) mass is 483 g/mol. The number of primary amides is 1. The highest BCUT2D eigenvalue weighted by molar-refractivity contribution is 7.09. The Morgan fingerprint density at radius 2 is 1.65 bits per heavy atom. The zero-order valence-corrected chi connectivity index (χ0v) is 20.1. The largest absolute Gasteiger partial charge is 0.395 e. The lowest BCUT2D eigenvalue weighted by molar-refractivity contribution is -0.123. The number of halogens is 1. The van der Waals surface area contributed by atoms with Crippen molar-refractivity contribution in [3.05, 3.63) is 76.0 Å². The molecule has 3 rings (SSSR count). The Kier molecular flexibility index (Phi) is 7.01.